The molecule has 1 unspecified atom stereocenters. The van der Waals surface area contributed by atoms with E-state index in [0.29, 0.717) is 36.7 Å². The van der Waals surface area contributed by atoms with Crippen LogP contribution < -0.4 is 14.9 Å². The van der Waals surface area contributed by atoms with E-state index in [9.17, 15) is 13.2 Å². The average molecular weight is 388 g/mol. The highest BCUT2D eigenvalue weighted by atomic mass is 35.5. The summed E-state index contributed by atoms with van der Waals surface area (Å²) in [6, 6.07) is 5.46. The zero-order valence-corrected chi connectivity index (χ0v) is 16.1. The molecule has 0 saturated carbocycles. The van der Waals surface area contributed by atoms with Crippen LogP contribution in [0.25, 0.3) is 0 Å². The maximum absolute atomic E-state index is 12.2. The van der Waals surface area contributed by atoms with Crippen molar-refractivity contribution in [1.82, 2.24) is 5.32 Å². The van der Waals surface area contributed by atoms with Crippen molar-refractivity contribution in [1.29, 1.82) is 0 Å². The summed E-state index contributed by atoms with van der Waals surface area (Å²) in [5.74, 6) is 0.762. The van der Waals surface area contributed by atoms with Gasteiger partial charge in [-0.3, -0.25) is 9.10 Å². The molecular formula is C17H26ClN3O3S. The molecule has 25 heavy (non-hydrogen) atoms. The monoisotopic (exact) mass is 387 g/mol. The average Bonchev–Trinajstić information content (AvgIpc) is 3.16. The Morgan fingerprint density at radius 3 is 2.84 bits per heavy atom. The summed E-state index contributed by atoms with van der Waals surface area (Å²) in [4.78, 5) is 12.2. The lowest BCUT2D eigenvalue weighted by molar-refractivity contribution is -0.116. The highest BCUT2D eigenvalue weighted by Gasteiger charge is 2.29. The van der Waals surface area contributed by atoms with E-state index in [-0.39, 0.29) is 24.1 Å². The second-order valence-corrected chi connectivity index (χ2v) is 8.70. The van der Waals surface area contributed by atoms with Gasteiger partial charge in [-0.15, -0.1) is 12.4 Å². The number of nitrogens with one attached hydrogen (secondary N) is 2. The molecule has 0 bridgehead atoms. The number of carbonyl (C=O) groups is 1. The summed E-state index contributed by atoms with van der Waals surface area (Å²) in [5.41, 5.74) is 2.23. The van der Waals surface area contributed by atoms with Crippen LogP contribution >= 0.6 is 12.4 Å². The summed E-state index contributed by atoms with van der Waals surface area (Å²) < 4.78 is 25.7. The Bertz CT molecular complexity index is 718. The van der Waals surface area contributed by atoms with Crippen LogP contribution in [0.5, 0.6) is 0 Å². The molecule has 6 nitrogen and oxygen atoms in total. The fourth-order valence-corrected chi connectivity index (χ4v) is 5.00. The van der Waals surface area contributed by atoms with Gasteiger partial charge in [0.25, 0.3) is 0 Å². The van der Waals surface area contributed by atoms with Gasteiger partial charge >= 0.3 is 0 Å². The summed E-state index contributed by atoms with van der Waals surface area (Å²) >= 11 is 0. The first-order chi connectivity index (χ1) is 11.5. The lowest BCUT2D eigenvalue weighted by atomic mass is 10.0. The molecular weight excluding hydrogens is 362 g/mol. The van der Waals surface area contributed by atoms with Gasteiger partial charge in [0.15, 0.2) is 0 Å². The third-order valence-electron chi connectivity index (χ3n) is 4.80. The molecule has 1 atom stereocenters. The highest BCUT2D eigenvalue weighted by molar-refractivity contribution is 7.93. The molecule has 140 valence electrons. The standard InChI is InChI=1S/C17H25N3O3S.ClH/c1-13-3-5-15(11-16(13)20-9-2-10-24(20,22)23)19-17(21)6-4-14-7-8-18-12-14;/h3,5,11,14,18H,2,4,6-10,12H2,1H3,(H,19,21);1H. The second kappa shape index (κ2) is 8.38. The first-order valence-corrected chi connectivity index (χ1v) is 10.2. The molecule has 0 spiro atoms. The van der Waals surface area contributed by atoms with Gasteiger partial charge in [0, 0.05) is 18.7 Å². The van der Waals surface area contributed by atoms with Crippen molar-refractivity contribution in [2.45, 2.75) is 32.6 Å². The molecule has 2 aliphatic heterocycles. The van der Waals surface area contributed by atoms with Crippen LogP contribution in [0.4, 0.5) is 11.4 Å². The maximum Gasteiger partial charge on any atom is 0.235 e. The first kappa shape index (κ1) is 20.0. The predicted molar refractivity (Wildman–Crippen MR) is 103 cm³/mol. The number of halogens is 1. The maximum atomic E-state index is 12.2. The minimum absolute atomic E-state index is 0. The van der Waals surface area contributed by atoms with E-state index < -0.39 is 10.0 Å². The Balaban J connectivity index is 0.00000225. The largest absolute Gasteiger partial charge is 0.326 e. The van der Waals surface area contributed by atoms with E-state index in [4.69, 9.17) is 0 Å². The Hall–Kier alpha value is -1.31. The van der Waals surface area contributed by atoms with E-state index in [1.165, 1.54) is 4.31 Å². The molecule has 3 rings (SSSR count). The smallest absolute Gasteiger partial charge is 0.235 e. The van der Waals surface area contributed by atoms with Crippen LogP contribution in [0.1, 0.15) is 31.2 Å². The van der Waals surface area contributed by atoms with Crippen molar-refractivity contribution >= 4 is 39.7 Å². The van der Waals surface area contributed by atoms with Crippen LogP contribution in [0.2, 0.25) is 0 Å². The number of amides is 1. The van der Waals surface area contributed by atoms with E-state index in [2.05, 4.69) is 10.6 Å². The van der Waals surface area contributed by atoms with Crippen molar-refractivity contribution in [3.63, 3.8) is 0 Å². The number of sulfonamides is 1. The number of aryl methyl sites for hydroxylation is 1. The fraction of sp³-hybridized carbons (Fsp3) is 0.588. The van der Waals surface area contributed by atoms with Crippen molar-refractivity contribution in [3.05, 3.63) is 23.8 Å². The van der Waals surface area contributed by atoms with Gasteiger partial charge in [0.2, 0.25) is 15.9 Å². The normalized spacial score (nSPS) is 21.8. The summed E-state index contributed by atoms with van der Waals surface area (Å²) in [6.45, 7) is 4.43. The van der Waals surface area contributed by atoms with Gasteiger partial charge in [-0.1, -0.05) is 6.07 Å². The minimum Gasteiger partial charge on any atom is -0.326 e. The SMILES string of the molecule is Cc1ccc(NC(=O)CCC2CCNC2)cc1N1CCCS1(=O)=O.Cl. The molecule has 1 aromatic rings. The quantitative estimate of drug-likeness (QED) is 0.812. The number of hydrogen-bond donors (Lipinski definition) is 2. The van der Waals surface area contributed by atoms with Gasteiger partial charge < -0.3 is 10.6 Å². The molecule has 0 radical (unpaired) electrons. The highest BCUT2D eigenvalue weighted by Crippen LogP contribution is 2.30. The number of carbonyl (C=O) groups excluding carboxylic acids is 1. The third kappa shape index (κ3) is 4.86. The summed E-state index contributed by atoms with van der Waals surface area (Å²) in [5, 5.41) is 6.21. The van der Waals surface area contributed by atoms with Crippen LogP contribution in [0.3, 0.4) is 0 Å². The Morgan fingerprint density at radius 1 is 1.40 bits per heavy atom. The van der Waals surface area contributed by atoms with Crippen molar-refractivity contribution < 1.29 is 13.2 Å². The zero-order chi connectivity index (χ0) is 17.2. The number of hydrogen-bond acceptors (Lipinski definition) is 4. The Morgan fingerprint density at radius 2 is 2.20 bits per heavy atom. The van der Waals surface area contributed by atoms with E-state index in [1.807, 2.05) is 19.1 Å². The molecule has 2 N–H and O–H groups in total. The van der Waals surface area contributed by atoms with Gasteiger partial charge in [-0.2, -0.15) is 0 Å². The fourth-order valence-electron chi connectivity index (χ4n) is 3.39. The van der Waals surface area contributed by atoms with E-state index >= 15 is 0 Å². The molecule has 1 amide bonds. The van der Waals surface area contributed by atoms with Crippen LogP contribution in [-0.4, -0.2) is 39.7 Å². The summed E-state index contributed by atoms with van der Waals surface area (Å²) in [7, 11) is -3.22. The zero-order valence-electron chi connectivity index (χ0n) is 14.5. The van der Waals surface area contributed by atoms with E-state index in [0.717, 1.165) is 31.5 Å². The lowest BCUT2D eigenvalue weighted by Crippen LogP contribution is -2.26. The second-order valence-electron chi connectivity index (χ2n) is 6.69. The van der Waals surface area contributed by atoms with Crippen molar-refractivity contribution in [2.24, 2.45) is 5.92 Å². The van der Waals surface area contributed by atoms with Crippen LogP contribution in [0, 0.1) is 12.8 Å². The molecule has 8 heteroatoms. The minimum atomic E-state index is -3.22. The Labute approximate surface area is 155 Å². The van der Waals surface area contributed by atoms with Crippen molar-refractivity contribution in [3.8, 4) is 0 Å². The van der Waals surface area contributed by atoms with Crippen molar-refractivity contribution in [2.75, 3.05) is 35.0 Å². The first-order valence-electron chi connectivity index (χ1n) is 8.57. The lowest BCUT2D eigenvalue weighted by Gasteiger charge is -2.20. The molecule has 1 aromatic carbocycles. The van der Waals surface area contributed by atoms with Crippen LogP contribution in [0.15, 0.2) is 18.2 Å². The summed E-state index contributed by atoms with van der Waals surface area (Å²) in [6.07, 6.45) is 3.16. The number of anilines is 2. The van der Waals surface area contributed by atoms with Crippen LogP contribution in [-0.2, 0) is 14.8 Å². The number of rotatable bonds is 5. The van der Waals surface area contributed by atoms with Gasteiger partial charge in [0.05, 0.1) is 11.4 Å². The molecule has 0 aromatic heterocycles. The molecule has 2 aliphatic rings. The third-order valence-corrected chi connectivity index (χ3v) is 6.66. The number of nitrogens with zero attached hydrogens (tertiary/aromatic N) is 1. The van der Waals surface area contributed by atoms with E-state index in [1.54, 1.807) is 6.07 Å². The molecule has 2 fully saturated rings. The molecule has 2 saturated heterocycles. The number of benzene rings is 1. The molecule has 2 heterocycles. The van der Waals surface area contributed by atoms with Gasteiger partial charge in [-0.25, -0.2) is 8.42 Å². The van der Waals surface area contributed by atoms with Gasteiger partial charge in [-0.05, 0) is 62.9 Å². The molecule has 0 aliphatic carbocycles. The van der Waals surface area contributed by atoms with Gasteiger partial charge in [0.1, 0.15) is 0 Å². The Kier molecular flexibility index (Phi) is 6.71. The predicted octanol–water partition coefficient (Wildman–Crippen LogP) is 2.28. The topological polar surface area (TPSA) is 78.5 Å².